The Kier molecular flexibility index (Phi) is 6.36. The van der Waals surface area contributed by atoms with Crippen molar-refractivity contribution >= 4 is 5.91 Å². The molecule has 2 rings (SSSR count). The smallest absolute Gasteiger partial charge is 0.220 e. The van der Waals surface area contributed by atoms with Crippen LogP contribution in [0.5, 0.6) is 5.75 Å². The number of hydrogen-bond donors (Lipinski definition) is 1. The van der Waals surface area contributed by atoms with Crippen LogP contribution in [0.25, 0.3) is 0 Å². The molecule has 3 nitrogen and oxygen atoms in total. The summed E-state index contributed by atoms with van der Waals surface area (Å²) < 4.78 is 19.2. The Morgan fingerprint density at radius 1 is 1.17 bits per heavy atom. The predicted octanol–water partition coefficient (Wildman–Crippen LogP) is 3.96. The molecule has 1 N–H and O–H groups in total. The van der Waals surface area contributed by atoms with Gasteiger partial charge in [0.1, 0.15) is 18.2 Å². The first-order valence-corrected chi connectivity index (χ1v) is 8.18. The highest BCUT2D eigenvalue weighted by atomic mass is 19.1. The number of ether oxygens (including phenoxy) is 1. The van der Waals surface area contributed by atoms with Gasteiger partial charge in [0, 0.05) is 6.42 Å². The van der Waals surface area contributed by atoms with Crippen LogP contribution in [-0.4, -0.2) is 18.6 Å². The van der Waals surface area contributed by atoms with E-state index in [-0.39, 0.29) is 24.2 Å². The minimum atomic E-state index is -0.267. The van der Waals surface area contributed by atoms with Crippen molar-refractivity contribution < 1.29 is 13.9 Å². The monoisotopic (exact) mass is 329 g/mol. The van der Waals surface area contributed by atoms with Crippen molar-refractivity contribution in [1.29, 1.82) is 0 Å². The fourth-order valence-corrected chi connectivity index (χ4v) is 2.36. The highest BCUT2D eigenvalue weighted by molar-refractivity contribution is 5.76. The van der Waals surface area contributed by atoms with Gasteiger partial charge in [-0.2, -0.15) is 0 Å². The third kappa shape index (κ3) is 5.37. The molecule has 2 aromatic rings. The van der Waals surface area contributed by atoms with Crippen LogP contribution >= 0.6 is 0 Å². The van der Waals surface area contributed by atoms with E-state index in [0.717, 1.165) is 5.75 Å². The number of carbonyl (C=O) groups excluding carboxylic acids is 1. The Bertz CT molecular complexity index is 700. The van der Waals surface area contributed by atoms with E-state index in [0.29, 0.717) is 18.6 Å². The lowest BCUT2D eigenvalue weighted by atomic mass is 10.1. The lowest BCUT2D eigenvalue weighted by Gasteiger charge is -2.16. The van der Waals surface area contributed by atoms with Crippen LogP contribution in [0.1, 0.15) is 30.0 Å². The van der Waals surface area contributed by atoms with Gasteiger partial charge in [0.2, 0.25) is 5.91 Å². The summed E-state index contributed by atoms with van der Waals surface area (Å²) in [5.41, 5.74) is 2.96. The quantitative estimate of drug-likeness (QED) is 0.835. The Balaban J connectivity index is 1.75. The van der Waals surface area contributed by atoms with Crippen molar-refractivity contribution in [1.82, 2.24) is 5.32 Å². The van der Waals surface area contributed by atoms with Gasteiger partial charge in [-0.3, -0.25) is 4.79 Å². The zero-order valence-electron chi connectivity index (χ0n) is 14.4. The average molecular weight is 329 g/mol. The second-order valence-corrected chi connectivity index (χ2v) is 6.12. The van der Waals surface area contributed by atoms with Crippen LogP contribution < -0.4 is 10.1 Å². The zero-order chi connectivity index (χ0) is 17.5. The molecule has 0 heterocycles. The summed E-state index contributed by atoms with van der Waals surface area (Å²) in [6.45, 7) is 6.38. The maximum Gasteiger partial charge on any atom is 0.220 e. The first kappa shape index (κ1) is 18.0. The summed E-state index contributed by atoms with van der Waals surface area (Å²) in [5.74, 6) is 0.427. The molecule has 2 aromatic carbocycles. The summed E-state index contributed by atoms with van der Waals surface area (Å²) in [6.07, 6.45) is 0.651. The lowest BCUT2D eigenvalue weighted by Crippen LogP contribution is -2.36. The van der Waals surface area contributed by atoms with Gasteiger partial charge >= 0.3 is 0 Å². The van der Waals surface area contributed by atoms with Crippen LogP contribution in [0, 0.1) is 19.7 Å². The van der Waals surface area contributed by atoms with Gasteiger partial charge in [-0.05, 0) is 62.1 Å². The van der Waals surface area contributed by atoms with Gasteiger partial charge in [-0.15, -0.1) is 0 Å². The standard InChI is InChI=1S/C20H24FNO2/c1-14-8-10-18(12-15(14)2)24-13-16(3)22-20(23)11-9-17-6-4-5-7-19(17)21/h4-8,10,12,16H,9,11,13H2,1-3H3,(H,22,23)/t16-/m0/s1. The van der Waals surface area contributed by atoms with Gasteiger partial charge < -0.3 is 10.1 Å². The molecule has 0 unspecified atom stereocenters. The topological polar surface area (TPSA) is 38.3 Å². The number of carbonyl (C=O) groups is 1. The molecule has 4 heteroatoms. The summed E-state index contributed by atoms with van der Waals surface area (Å²) in [4.78, 5) is 12.0. The van der Waals surface area contributed by atoms with E-state index in [1.807, 2.05) is 32.0 Å². The Labute approximate surface area is 142 Å². The zero-order valence-corrected chi connectivity index (χ0v) is 14.4. The molecule has 1 amide bonds. The van der Waals surface area contributed by atoms with Gasteiger partial charge in [0.05, 0.1) is 6.04 Å². The third-order valence-electron chi connectivity index (χ3n) is 3.96. The number of aryl methyl sites for hydroxylation is 3. The van der Waals surface area contributed by atoms with E-state index in [1.165, 1.54) is 17.2 Å². The van der Waals surface area contributed by atoms with Crippen molar-refractivity contribution in [3.05, 3.63) is 65.0 Å². The molecule has 0 radical (unpaired) electrons. The molecule has 0 saturated heterocycles. The molecule has 0 fully saturated rings. The molecule has 0 aromatic heterocycles. The Hall–Kier alpha value is -2.36. The van der Waals surface area contributed by atoms with E-state index in [9.17, 15) is 9.18 Å². The summed E-state index contributed by atoms with van der Waals surface area (Å²) in [5, 5.41) is 2.88. The van der Waals surface area contributed by atoms with Crippen molar-refractivity contribution in [2.45, 2.75) is 39.7 Å². The maximum atomic E-state index is 13.5. The van der Waals surface area contributed by atoms with E-state index >= 15 is 0 Å². The summed E-state index contributed by atoms with van der Waals surface area (Å²) in [7, 11) is 0. The number of amides is 1. The Morgan fingerprint density at radius 2 is 1.92 bits per heavy atom. The van der Waals surface area contributed by atoms with E-state index in [1.54, 1.807) is 18.2 Å². The van der Waals surface area contributed by atoms with Crippen LogP contribution in [-0.2, 0) is 11.2 Å². The Morgan fingerprint density at radius 3 is 2.62 bits per heavy atom. The molecule has 0 saturated carbocycles. The summed E-state index contributed by atoms with van der Waals surface area (Å²) >= 11 is 0. The van der Waals surface area contributed by atoms with Crippen LogP contribution in [0.15, 0.2) is 42.5 Å². The third-order valence-corrected chi connectivity index (χ3v) is 3.96. The molecular weight excluding hydrogens is 305 g/mol. The molecule has 0 bridgehead atoms. The average Bonchev–Trinajstić information content (AvgIpc) is 2.55. The molecule has 0 aliphatic heterocycles. The van der Waals surface area contributed by atoms with Crippen molar-refractivity contribution in [2.24, 2.45) is 0 Å². The van der Waals surface area contributed by atoms with E-state index < -0.39 is 0 Å². The molecule has 128 valence electrons. The molecule has 0 spiro atoms. The highest BCUT2D eigenvalue weighted by Crippen LogP contribution is 2.16. The molecular formula is C20H24FNO2. The SMILES string of the molecule is Cc1ccc(OC[C@H](C)NC(=O)CCc2ccccc2F)cc1C. The summed E-state index contributed by atoms with van der Waals surface area (Å²) in [6, 6.07) is 12.3. The maximum absolute atomic E-state index is 13.5. The van der Waals surface area contributed by atoms with Gasteiger partial charge in [-0.1, -0.05) is 24.3 Å². The van der Waals surface area contributed by atoms with Crippen LogP contribution in [0.3, 0.4) is 0 Å². The lowest BCUT2D eigenvalue weighted by molar-refractivity contribution is -0.121. The van der Waals surface area contributed by atoms with E-state index in [4.69, 9.17) is 4.74 Å². The fourth-order valence-electron chi connectivity index (χ4n) is 2.36. The molecule has 24 heavy (non-hydrogen) atoms. The number of nitrogens with one attached hydrogen (secondary N) is 1. The first-order valence-electron chi connectivity index (χ1n) is 8.18. The second kappa shape index (κ2) is 8.48. The first-order chi connectivity index (χ1) is 11.5. The van der Waals surface area contributed by atoms with Gasteiger partial charge in [0.25, 0.3) is 0 Å². The van der Waals surface area contributed by atoms with Crippen LogP contribution in [0.4, 0.5) is 4.39 Å². The van der Waals surface area contributed by atoms with Crippen molar-refractivity contribution in [3.8, 4) is 5.75 Å². The van der Waals surface area contributed by atoms with Crippen molar-refractivity contribution in [3.63, 3.8) is 0 Å². The van der Waals surface area contributed by atoms with E-state index in [2.05, 4.69) is 12.2 Å². The van der Waals surface area contributed by atoms with Crippen molar-refractivity contribution in [2.75, 3.05) is 6.61 Å². The molecule has 0 aliphatic rings. The highest BCUT2D eigenvalue weighted by Gasteiger charge is 2.10. The number of rotatable bonds is 7. The predicted molar refractivity (Wildman–Crippen MR) is 93.7 cm³/mol. The number of benzene rings is 2. The van der Waals surface area contributed by atoms with Gasteiger partial charge in [0.15, 0.2) is 0 Å². The largest absolute Gasteiger partial charge is 0.491 e. The fraction of sp³-hybridized carbons (Fsp3) is 0.350. The molecule has 0 aliphatic carbocycles. The number of hydrogen-bond acceptors (Lipinski definition) is 2. The second-order valence-electron chi connectivity index (χ2n) is 6.12. The van der Waals surface area contributed by atoms with Gasteiger partial charge in [-0.25, -0.2) is 4.39 Å². The minimum Gasteiger partial charge on any atom is -0.491 e. The minimum absolute atomic E-state index is 0.102. The number of halogens is 1. The van der Waals surface area contributed by atoms with Crippen LogP contribution in [0.2, 0.25) is 0 Å². The molecule has 1 atom stereocenters. The normalized spacial score (nSPS) is 11.8.